The SMILES string of the molecule is CCC(CC)C(=O)Nc1ccc2c(c1)OCC(=O)N2CCOc1ccccc1. The second-order valence-corrected chi connectivity index (χ2v) is 6.68. The van der Waals surface area contributed by atoms with Gasteiger partial charge in [-0.05, 0) is 37.1 Å². The van der Waals surface area contributed by atoms with Crippen LogP contribution in [0.4, 0.5) is 11.4 Å². The molecule has 1 aliphatic rings. The number of nitrogens with zero attached hydrogens (tertiary/aromatic N) is 1. The fourth-order valence-electron chi connectivity index (χ4n) is 3.20. The number of hydrogen-bond donors (Lipinski definition) is 1. The van der Waals surface area contributed by atoms with E-state index in [1.807, 2.05) is 44.2 Å². The van der Waals surface area contributed by atoms with Crippen LogP contribution in [0, 0.1) is 5.92 Å². The molecule has 1 heterocycles. The van der Waals surface area contributed by atoms with Crippen LogP contribution in [0.2, 0.25) is 0 Å². The highest BCUT2D eigenvalue weighted by Gasteiger charge is 2.26. The molecule has 2 aromatic carbocycles. The minimum absolute atomic E-state index is 0.00459. The van der Waals surface area contributed by atoms with Crippen molar-refractivity contribution in [2.24, 2.45) is 5.92 Å². The summed E-state index contributed by atoms with van der Waals surface area (Å²) in [5, 5.41) is 2.94. The van der Waals surface area contributed by atoms with Crippen LogP contribution in [0.25, 0.3) is 0 Å². The molecule has 2 aromatic rings. The fraction of sp³-hybridized carbons (Fsp3) is 0.364. The first-order valence-electron chi connectivity index (χ1n) is 9.68. The smallest absolute Gasteiger partial charge is 0.265 e. The van der Waals surface area contributed by atoms with E-state index in [2.05, 4.69) is 5.32 Å². The number of anilines is 2. The Balaban J connectivity index is 1.67. The lowest BCUT2D eigenvalue weighted by Gasteiger charge is -2.29. The lowest BCUT2D eigenvalue weighted by molar-refractivity contribution is -0.121. The summed E-state index contributed by atoms with van der Waals surface area (Å²) in [6.45, 7) is 4.78. The average Bonchev–Trinajstić information content (AvgIpc) is 2.71. The van der Waals surface area contributed by atoms with E-state index in [-0.39, 0.29) is 24.3 Å². The minimum Gasteiger partial charge on any atom is -0.492 e. The lowest BCUT2D eigenvalue weighted by Crippen LogP contribution is -2.41. The number of rotatable bonds is 8. The van der Waals surface area contributed by atoms with Crippen molar-refractivity contribution >= 4 is 23.2 Å². The molecule has 6 nitrogen and oxygen atoms in total. The molecule has 1 aliphatic heterocycles. The third-order valence-corrected chi connectivity index (χ3v) is 4.85. The van der Waals surface area contributed by atoms with E-state index >= 15 is 0 Å². The van der Waals surface area contributed by atoms with Gasteiger partial charge in [0.1, 0.15) is 18.1 Å². The van der Waals surface area contributed by atoms with Crippen molar-refractivity contribution in [2.75, 3.05) is 30.0 Å². The molecule has 0 aromatic heterocycles. The van der Waals surface area contributed by atoms with Gasteiger partial charge in [-0.2, -0.15) is 0 Å². The Morgan fingerprint density at radius 3 is 2.64 bits per heavy atom. The Morgan fingerprint density at radius 1 is 1.18 bits per heavy atom. The maximum absolute atomic E-state index is 12.3. The molecule has 0 spiro atoms. The minimum atomic E-state index is -0.113. The second kappa shape index (κ2) is 9.26. The van der Waals surface area contributed by atoms with Crippen LogP contribution in [0.15, 0.2) is 48.5 Å². The largest absolute Gasteiger partial charge is 0.492 e. The van der Waals surface area contributed by atoms with Crippen molar-refractivity contribution in [1.82, 2.24) is 0 Å². The fourth-order valence-corrected chi connectivity index (χ4v) is 3.20. The third-order valence-electron chi connectivity index (χ3n) is 4.85. The summed E-state index contributed by atoms with van der Waals surface area (Å²) in [4.78, 5) is 26.3. The molecular weight excluding hydrogens is 356 g/mol. The van der Waals surface area contributed by atoms with Crippen LogP contribution >= 0.6 is 0 Å². The molecule has 6 heteroatoms. The third kappa shape index (κ3) is 4.63. The summed E-state index contributed by atoms with van der Waals surface area (Å²) in [7, 11) is 0. The predicted octanol–water partition coefficient (Wildman–Crippen LogP) is 3.87. The van der Waals surface area contributed by atoms with Crippen LogP contribution in [0.3, 0.4) is 0 Å². The number of hydrogen-bond acceptors (Lipinski definition) is 4. The first-order valence-corrected chi connectivity index (χ1v) is 9.68. The van der Waals surface area contributed by atoms with E-state index in [9.17, 15) is 9.59 Å². The molecule has 0 saturated heterocycles. The van der Waals surface area contributed by atoms with Gasteiger partial charge in [-0.15, -0.1) is 0 Å². The summed E-state index contributed by atoms with van der Waals surface area (Å²) in [6, 6.07) is 14.9. The average molecular weight is 382 g/mol. The van der Waals surface area contributed by atoms with Crippen molar-refractivity contribution in [3.8, 4) is 11.5 Å². The van der Waals surface area contributed by atoms with Crippen LogP contribution in [-0.2, 0) is 9.59 Å². The Hall–Kier alpha value is -3.02. The van der Waals surface area contributed by atoms with Crippen molar-refractivity contribution in [3.63, 3.8) is 0 Å². The van der Waals surface area contributed by atoms with Crippen LogP contribution < -0.4 is 19.7 Å². The van der Waals surface area contributed by atoms with Gasteiger partial charge in [0.25, 0.3) is 5.91 Å². The highest BCUT2D eigenvalue weighted by Crippen LogP contribution is 2.34. The molecule has 0 fully saturated rings. The molecular formula is C22H26N2O4. The first kappa shape index (κ1) is 19.7. The molecule has 0 bridgehead atoms. The van der Waals surface area contributed by atoms with E-state index in [4.69, 9.17) is 9.47 Å². The van der Waals surface area contributed by atoms with Gasteiger partial charge in [-0.1, -0.05) is 32.0 Å². The van der Waals surface area contributed by atoms with Gasteiger partial charge in [0.15, 0.2) is 6.61 Å². The van der Waals surface area contributed by atoms with Gasteiger partial charge >= 0.3 is 0 Å². The number of benzene rings is 2. The molecule has 2 amide bonds. The topological polar surface area (TPSA) is 67.9 Å². The number of para-hydroxylation sites is 1. The zero-order valence-corrected chi connectivity index (χ0v) is 16.3. The molecule has 1 N–H and O–H groups in total. The number of carbonyl (C=O) groups is 2. The van der Waals surface area contributed by atoms with Crippen LogP contribution in [-0.4, -0.2) is 31.6 Å². The quantitative estimate of drug-likeness (QED) is 0.753. The van der Waals surface area contributed by atoms with E-state index in [1.165, 1.54) is 0 Å². The number of amides is 2. The summed E-state index contributed by atoms with van der Waals surface area (Å²) in [5.41, 5.74) is 1.36. The maximum Gasteiger partial charge on any atom is 0.265 e. The van der Waals surface area contributed by atoms with Gasteiger partial charge in [0, 0.05) is 17.7 Å². The van der Waals surface area contributed by atoms with E-state index in [0.717, 1.165) is 18.6 Å². The van der Waals surface area contributed by atoms with Gasteiger partial charge in [-0.25, -0.2) is 0 Å². The maximum atomic E-state index is 12.3. The Labute approximate surface area is 165 Å². The summed E-state index contributed by atoms with van der Waals surface area (Å²) in [5.74, 6) is 1.23. The normalized spacial score (nSPS) is 13.1. The number of carbonyl (C=O) groups excluding carboxylic acids is 2. The highest BCUT2D eigenvalue weighted by atomic mass is 16.5. The summed E-state index contributed by atoms with van der Waals surface area (Å²) >= 11 is 0. The number of fused-ring (bicyclic) bond motifs is 1. The molecule has 0 aliphatic carbocycles. The van der Waals surface area contributed by atoms with Gasteiger partial charge < -0.3 is 19.7 Å². The molecule has 0 radical (unpaired) electrons. The molecule has 3 rings (SSSR count). The highest BCUT2D eigenvalue weighted by molar-refractivity contribution is 5.99. The van der Waals surface area contributed by atoms with Crippen molar-refractivity contribution < 1.29 is 19.1 Å². The lowest BCUT2D eigenvalue weighted by atomic mass is 10.0. The van der Waals surface area contributed by atoms with Crippen molar-refractivity contribution in [3.05, 3.63) is 48.5 Å². The van der Waals surface area contributed by atoms with Crippen LogP contribution in [0.5, 0.6) is 11.5 Å². The Bertz CT molecular complexity index is 819. The van der Waals surface area contributed by atoms with E-state index < -0.39 is 0 Å². The zero-order chi connectivity index (χ0) is 19.9. The molecule has 148 valence electrons. The Morgan fingerprint density at radius 2 is 1.93 bits per heavy atom. The number of nitrogens with one attached hydrogen (secondary N) is 1. The van der Waals surface area contributed by atoms with Crippen LogP contribution in [0.1, 0.15) is 26.7 Å². The summed E-state index contributed by atoms with van der Waals surface area (Å²) < 4.78 is 11.3. The van der Waals surface area contributed by atoms with Crippen molar-refractivity contribution in [2.45, 2.75) is 26.7 Å². The van der Waals surface area contributed by atoms with E-state index in [1.54, 1.807) is 23.1 Å². The van der Waals surface area contributed by atoms with Gasteiger partial charge in [0.05, 0.1) is 12.2 Å². The molecule has 0 saturated carbocycles. The summed E-state index contributed by atoms with van der Waals surface area (Å²) in [6.07, 6.45) is 1.60. The zero-order valence-electron chi connectivity index (χ0n) is 16.3. The second-order valence-electron chi connectivity index (χ2n) is 6.68. The van der Waals surface area contributed by atoms with Crippen molar-refractivity contribution in [1.29, 1.82) is 0 Å². The standard InChI is InChI=1S/C22H26N2O4/c1-3-16(4-2)22(26)23-17-10-11-19-20(14-17)28-15-21(25)24(19)12-13-27-18-8-6-5-7-9-18/h5-11,14,16H,3-4,12-13,15H2,1-2H3,(H,23,26). The number of ether oxygens (including phenoxy) is 2. The van der Waals surface area contributed by atoms with Gasteiger partial charge in [-0.3, -0.25) is 9.59 Å². The van der Waals surface area contributed by atoms with Gasteiger partial charge in [0.2, 0.25) is 5.91 Å². The molecule has 0 atom stereocenters. The monoisotopic (exact) mass is 382 g/mol. The van der Waals surface area contributed by atoms with E-state index in [0.29, 0.717) is 30.3 Å². The molecule has 28 heavy (non-hydrogen) atoms. The molecule has 0 unspecified atom stereocenters. The Kier molecular flexibility index (Phi) is 6.53. The predicted molar refractivity (Wildman–Crippen MR) is 109 cm³/mol. The first-order chi connectivity index (χ1) is 13.6.